The lowest BCUT2D eigenvalue weighted by atomic mass is 10.1. The Bertz CT molecular complexity index is 733. The standard InChI is InChI=1S/C15H18N4O3S2/c1-4-22-12(20)8-23-15-19-18-14(24-15)17-13(21)16-11-6-5-9(2)10(3)7-11/h5-7H,4,8H2,1-3H3,(H2,16,17,18,21). The van der Waals surface area contributed by atoms with E-state index in [0.29, 0.717) is 21.8 Å². The molecular formula is C15H18N4O3S2. The molecule has 1 heterocycles. The second-order valence-electron chi connectivity index (χ2n) is 4.84. The molecule has 7 nitrogen and oxygen atoms in total. The molecule has 1 aromatic carbocycles. The summed E-state index contributed by atoms with van der Waals surface area (Å²) in [6, 6.07) is 5.29. The van der Waals surface area contributed by atoms with Crippen LogP contribution < -0.4 is 10.6 Å². The van der Waals surface area contributed by atoms with Gasteiger partial charge in [0.1, 0.15) is 0 Å². The zero-order chi connectivity index (χ0) is 17.5. The number of hydrogen-bond donors (Lipinski definition) is 2. The van der Waals surface area contributed by atoms with Gasteiger partial charge in [-0.15, -0.1) is 10.2 Å². The number of benzene rings is 1. The maximum atomic E-state index is 12.0. The fourth-order valence-electron chi connectivity index (χ4n) is 1.72. The number of aryl methyl sites for hydroxylation is 2. The number of esters is 1. The maximum Gasteiger partial charge on any atom is 0.325 e. The van der Waals surface area contributed by atoms with E-state index in [0.717, 1.165) is 11.1 Å². The smallest absolute Gasteiger partial charge is 0.325 e. The summed E-state index contributed by atoms with van der Waals surface area (Å²) in [7, 11) is 0. The molecule has 0 radical (unpaired) electrons. The molecule has 0 bridgehead atoms. The van der Waals surface area contributed by atoms with E-state index in [2.05, 4.69) is 20.8 Å². The molecule has 2 aromatic rings. The largest absolute Gasteiger partial charge is 0.465 e. The number of nitrogens with one attached hydrogen (secondary N) is 2. The summed E-state index contributed by atoms with van der Waals surface area (Å²) in [5.74, 6) is -0.142. The van der Waals surface area contributed by atoms with Crippen molar-refractivity contribution in [2.75, 3.05) is 23.0 Å². The molecule has 0 aliphatic rings. The van der Waals surface area contributed by atoms with Gasteiger partial charge in [-0.25, -0.2) is 4.79 Å². The molecular weight excluding hydrogens is 348 g/mol. The van der Waals surface area contributed by atoms with E-state index in [1.807, 2.05) is 32.0 Å². The number of anilines is 2. The molecule has 9 heteroatoms. The van der Waals surface area contributed by atoms with E-state index in [-0.39, 0.29) is 11.7 Å². The van der Waals surface area contributed by atoms with Crippen molar-refractivity contribution in [2.45, 2.75) is 25.1 Å². The van der Waals surface area contributed by atoms with Gasteiger partial charge < -0.3 is 10.1 Å². The predicted octanol–water partition coefficient (Wildman–Crippen LogP) is 3.45. The average molecular weight is 366 g/mol. The number of hydrogen-bond acceptors (Lipinski definition) is 7. The maximum absolute atomic E-state index is 12.0. The van der Waals surface area contributed by atoms with Gasteiger partial charge in [0.05, 0.1) is 12.4 Å². The molecule has 0 aliphatic heterocycles. The molecule has 2 N–H and O–H groups in total. The van der Waals surface area contributed by atoms with Gasteiger partial charge in [-0.05, 0) is 44.0 Å². The van der Waals surface area contributed by atoms with Crippen molar-refractivity contribution in [3.63, 3.8) is 0 Å². The highest BCUT2D eigenvalue weighted by atomic mass is 32.2. The third-order valence-electron chi connectivity index (χ3n) is 3.01. The van der Waals surface area contributed by atoms with Crippen LogP contribution in [0.1, 0.15) is 18.1 Å². The van der Waals surface area contributed by atoms with Crippen LogP contribution in [0.2, 0.25) is 0 Å². The fourth-order valence-corrected chi connectivity index (χ4v) is 3.27. The number of rotatable bonds is 6. The minimum atomic E-state index is -0.392. The molecule has 2 rings (SSSR count). The van der Waals surface area contributed by atoms with Gasteiger partial charge in [0.25, 0.3) is 0 Å². The summed E-state index contributed by atoms with van der Waals surface area (Å²) < 4.78 is 5.42. The Morgan fingerprint density at radius 2 is 2.00 bits per heavy atom. The molecule has 0 saturated carbocycles. The normalized spacial score (nSPS) is 10.3. The third kappa shape index (κ3) is 5.50. The lowest BCUT2D eigenvalue weighted by Crippen LogP contribution is -2.19. The Morgan fingerprint density at radius 1 is 1.21 bits per heavy atom. The first-order valence-corrected chi connectivity index (χ1v) is 9.05. The molecule has 0 spiro atoms. The highest BCUT2D eigenvalue weighted by Crippen LogP contribution is 2.25. The van der Waals surface area contributed by atoms with Crippen LogP contribution in [-0.4, -0.2) is 34.6 Å². The van der Waals surface area contributed by atoms with Crippen LogP contribution in [0.3, 0.4) is 0 Å². The molecule has 0 saturated heterocycles. The van der Waals surface area contributed by atoms with Crippen LogP contribution in [-0.2, 0) is 9.53 Å². The lowest BCUT2D eigenvalue weighted by Gasteiger charge is -2.07. The number of thioether (sulfide) groups is 1. The Morgan fingerprint density at radius 3 is 2.71 bits per heavy atom. The Balaban J connectivity index is 1.86. The minimum absolute atomic E-state index is 0.164. The summed E-state index contributed by atoms with van der Waals surface area (Å²) in [5, 5.41) is 13.5. The molecule has 1 aromatic heterocycles. The van der Waals surface area contributed by atoms with Crippen molar-refractivity contribution in [2.24, 2.45) is 0 Å². The van der Waals surface area contributed by atoms with Crippen LogP contribution in [0.5, 0.6) is 0 Å². The van der Waals surface area contributed by atoms with E-state index >= 15 is 0 Å². The summed E-state index contributed by atoms with van der Waals surface area (Å²) in [6.07, 6.45) is 0. The number of carbonyl (C=O) groups is 2. The number of carbonyl (C=O) groups excluding carboxylic acids is 2. The predicted molar refractivity (Wildman–Crippen MR) is 95.8 cm³/mol. The minimum Gasteiger partial charge on any atom is -0.465 e. The van der Waals surface area contributed by atoms with Gasteiger partial charge in [0, 0.05) is 5.69 Å². The van der Waals surface area contributed by atoms with Gasteiger partial charge in [-0.3, -0.25) is 10.1 Å². The van der Waals surface area contributed by atoms with Crippen LogP contribution in [0.4, 0.5) is 15.6 Å². The van der Waals surface area contributed by atoms with Crippen molar-refractivity contribution in [3.05, 3.63) is 29.3 Å². The Hall–Kier alpha value is -2.13. The summed E-state index contributed by atoms with van der Waals surface area (Å²) in [5.41, 5.74) is 2.96. The SMILES string of the molecule is CCOC(=O)CSc1nnc(NC(=O)Nc2ccc(C)c(C)c2)s1. The quantitative estimate of drug-likeness (QED) is 0.462. The first kappa shape index (κ1) is 18.2. The summed E-state index contributed by atoms with van der Waals surface area (Å²) in [4.78, 5) is 23.3. The Kier molecular flexibility index (Phi) is 6.56. The Labute approximate surface area is 148 Å². The fraction of sp³-hybridized carbons (Fsp3) is 0.333. The number of aromatic nitrogens is 2. The van der Waals surface area contributed by atoms with Crippen molar-refractivity contribution >= 4 is 45.9 Å². The van der Waals surface area contributed by atoms with E-state index < -0.39 is 6.03 Å². The summed E-state index contributed by atoms with van der Waals surface area (Å²) in [6.45, 7) is 6.09. The first-order chi connectivity index (χ1) is 11.5. The van der Waals surface area contributed by atoms with Crippen LogP contribution >= 0.6 is 23.1 Å². The number of ether oxygens (including phenoxy) is 1. The molecule has 128 valence electrons. The zero-order valence-electron chi connectivity index (χ0n) is 13.6. The van der Waals surface area contributed by atoms with Crippen molar-refractivity contribution in [1.82, 2.24) is 10.2 Å². The van der Waals surface area contributed by atoms with Crippen LogP contribution in [0.25, 0.3) is 0 Å². The second kappa shape index (κ2) is 8.65. The van der Waals surface area contributed by atoms with Crippen molar-refractivity contribution in [1.29, 1.82) is 0 Å². The van der Waals surface area contributed by atoms with Crippen LogP contribution in [0, 0.1) is 13.8 Å². The van der Waals surface area contributed by atoms with Crippen molar-refractivity contribution < 1.29 is 14.3 Å². The third-order valence-corrected chi connectivity index (χ3v) is 4.96. The molecule has 0 unspecified atom stereocenters. The van der Waals surface area contributed by atoms with Gasteiger partial charge in [0.2, 0.25) is 5.13 Å². The molecule has 0 atom stereocenters. The monoisotopic (exact) mass is 366 g/mol. The van der Waals surface area contributed by atoms with E-state index in [9.17, 15) is 9.59 Å². The van der Waals surface area contributed by atoms with E-state index in [1.165, 1.54) is 23.1 Å². The second-order valence-corrected chi connectivity index (χ2v) is 7.04. The van der Waals surface area contributed by atoms with Gasteiger partial charge in [0.15, 0.2) is 4.34 Å². The van der Waals surface area contributed by atoms with Crippen molar-refractivity contribution in [3.8, 4) is 0 Å². The molecule has 0 fully saturated rings. The topological polar surface area (TPSA) is 93.2 Å². The first-order valence-electron chi connectivity index (χ1n) is 7.25. The average Bonchev–Trinajstić information content (AvgIpc) is 2.96. The van der Waals surface area contributed by atoms with E-state index in [4.69, 9.17) is 4.74 Å². The number of amides is 2. The highest BCUT2D eigenvalue weighted by molar-refractivity contribution is 8.01. The van der Waals surface area contributed by atoms with Gasteiger partial charge in [-0.2, -0.15) is 0 Å². The number of nitrogens with zero attached hydrogens (tertiary/aromatic N) is 2. The van der Waals surface area contributed by atoms with Gasteiger partial charge in [-0.1, -0.05) is 29.2 Å². The van der Waals surface area contributed by atoms with E-state index in [1.54, 1.807) is 6.92 Å². The van der Waals surface area contributed by atoms with Gasteiger partial charge >= 0.3 is 12.0 Å². The lowest BCUT2D eigenvalue weighted by molar-refractivity contribution is -0.139. The molecule has 24 heavy (non-hydrogen) atoms. The number of urea groups is 1. The molecule has 0 aliphatic carbocycles. The summed E-state index contributed by atoms with van der Waals surface area (Å²) >= 11 is 2.42. The zero-order valence-corrected chi connectivity index (χ0v) is 15.2. The van der Waals surface area contributed by atoms with Crippen LogP contribution in [0.15, 0.2) is 22.5 Å². The highest BCUT2D eigenvalue weighted by Gasteiger charge is 2.11. The molecule has 2 amide bonds.